The van der Waals surface area contributed by atoms with Crippen molar-refractivity contribution in [1.29, 1.82) is 0 Å². The van der Waals surface area contributed by atoms with E-state index in [1.807, 2.05) is 63.2 Å². The van der Waals surface area contributed by atoms with E-state index in [9.17, 15) is 29.3 Å². The number of nitro groups is 1. The molecule has 0 aromatic heterocycles. The van der Waals surface area contributed by atoms with Gasteiger partial charge in [0.05, 0.1) is 61.4 Å². The van der Waals surface area contributed by atoms with E-state index in [2.05, 4.69) is 63.6 Å². The number of ether oxygens (including phenoxy) is 1. The van der Waals surface area contributed by atoms with Crippen LogP contribution in [0.15, 0.2) is 97.1 Å². The molecule has 336 valence electrons. The van der Waals surface area contributed by atoms with Crippen LogP contribution in [0.2, 0.25) is 20.1 Å². The number of hydrogen-bond donors (Lipinski definition) is 10. The van der Waals surface area contributed by atoms with E-state index in [0.717, 1.165) is 23.2 Å². The summed E-state index contributed by atoms with van der Waals surface area (Å²) in [5.74, 6) is -0.169. The number of methoxy groups -OCH3 is 1. The molecule has 5 aromatic carbocycles. The lowest BCUT2D eigenvalue weighted by Gasteiger charge is -2.15. The molecule has 0 unspecified atom stereocenters. The van der Waals surface area contributed by atoms with Gasteiger partial charge in [0.1, 0.15) is 0 Å². The molecule has 0 heterocycles. The second kappa shape index (κ2) is 26.2. The van der Waals surface area contributed by atoms with Gasteiger partial charge in [-0.2, -0.15) is 0 Å². The Hall–Kier alpha value is -7.37. The van der Waals surface area contributed by atoms with E-state index >= 15 is 0 Å². The molecule has 10 N–H and O–H groups in total. The molecule has 23 heteroatoms. The quantitative estimate of drug-likeness (QED) is 0.0230. The average Bonchev–Trinajstić information content (AvgIpc) is 3.29. The number of nitro benzene ring substituents is 1. The maximum atomic E-state index is 12.1. The van der Waals surface area contributed by atoms with Crippen LogP contribution in [-0.4, -0.2) is 42.6 Å². The third-order valence-corrected chi connectivity index (χ3v) is 9.56. The highest BCUT2D eigenvalue weighted by Crippen LogP contribution is 2.48. The molecular formula is C41H42Cl4N12O7. The van der Waals surface area contributed by atoms with Gasteiger partial charge < -0.3 is 15.4 Å². The number of nitrogens with one attached hydrogen (secondary N) is 10. The van der Waals surface area contributed by atoms with Crippen LogP contribution in [0.4, 0.5) is 54.2 Å². The number of benzene rings is 5. The Bertz CT molecular complexity index is 2410. The minimum atomic E-state index is -0.586. The van der Waals surface area contributed by atoms with Crippen LogP contribution in [-0.2, 0) is 4.74 Å². The molecule has 0 spiro atoms. The van der Waals surface area contributed by atoms with Crippen molar-refractivity contribution in [2.45, 2.75) is 27.2 Å². The molecule has 19 nitrogen and oxygen atoms in total. The number of hydrogen-bond acceptors (Lipinski definition) is 11. The largest absolute Gasteiger partial charge is 0.452 e. The highest BCUT2D eigenvalue weighted by Gasteiger charge is 2.21. The number of rotatable bonds is 13. The Balaban J connectivity index is 0.000000256. The summed E-state index contributed by atoms with van der Waals surface area (Å²) in [5, 5.41) is 15.8. The molecule has 0 aliphatic heterocycles. The number of halogens is 4. The van der Waals surface area contributed by atoms with Crippen LogP contribution in [0.3, 0.4) is 0 Å². The number of non-ortho nitro benzene ring substituents is 1. The predicted octanol–water partition coefficient (Wildman–Crippen LogP) is 10.4. The molecule has 5 rings (SSSR count). The lowest BCUT2D eigenvalue weighted by atomic mass is 10.1. The highest BCUT2D eigenvalue weighted by molar-refractivity contribution is 6.52. The van der Waals surface area contributed by atoms with E-state index in [4.69, 9.17) is 53.0 Å². The van der Waals surface area contributed by atoms with Gasteiger partial charge in [-0.1, -0.05) is 88.7 Å². The van der Waals surface area contributed by atoms with Gasteiger partial charge in [-0.25, -0.2) is 24.7 Å². The molecule has 64 heavy (non-hydrogen) atoms. The van der Waals surface area contributed by atoms with Crippen LogP contribution >= 0.6 is 46.4 Å². The fourth-order valence-electron chi connectivity index (χ4n) is 4.62. The Labute approximate surface area is 387 Å². The van der Waals surface area contributed by atoms with Crippen molar-refractivity contribution in [2.75, 3.05) is 40.7 Å². The first-order valence-corrected chi connectivity index (χ1v) is 20.1. The van der Waals surface area contributed by atoms with Crippen LogP contribution < -0.4 is 54.0 Å². The maximum Gasteiger partial charge on any atom is 0.425 e. The number of anilines is 5. The topological polar surface area (TPSA) is 245 Å². The summed E-state index contributed by atoms with van der Waals surface area (Å²) in [6, 6.07) is 26.5. The summed E-state index contributed by atoms with van der Waals surface area (Å²) in [4.78, 5) is 59.2. The molecule has 6 amide bonds. The maximum absolute atomic E-state index is 12.1. The molecule has 0 aliphatic carbocycles. The molecule has 5 aromatic rings. The molecule has 0 saturated carbocycles. The standard InChI is InChI=1S/C16H17N3O3.C14H15N5O3.C11H10Cl4N4O/c1-11-4-3-5-12(10-11)15(20)17-13-6-8-14(9-7-13)18-19-16(21)22-2;1-10-2-4-11(5-3-10)15-17-14(20)18-16-12-6-8-13(9-7-12)19(21)22;1-3-4-17-11(20)19-18-10-7(14)5(12)9(16-2)6(13)8(10)15/h3-10,18H,1-2H3,(H,17,20)(H,19,21);2-9,15-16H,1H3,(H2,17,18,20);18H,3-4H2,1H3,(H2,17,19,20). The number of carbonyl (C=O) groups is 4. The zero-order valence-electron chi connectivity index (χ0n) is 34.4. The Morgan fingerprint density at radius 2 is 1.17 bits per heavy atom. The van der Waals surface area contributed by atoms with E-state index in [1.165, 1.54) is 31.4 Å². The molecule has 0 saturated heterocycles. The summed E-state index contributed by atoms with van der Waals surface area (Å²) in [7, 11) is 1.28. The zero-order chi connectivity index (χ0) is 47.2. The van der Waals surface area contributed by atoms with Gasteiger partial charge in [-0.3, -0.25) is 52.9 Å². The smallest absolute Gasteiger partial charge is 0.425 e. The summed E-state index contributed by atoms with van der Waals surface area (Å²) < 4.78 is 4.44. The van der Waals surface area contributed by atoms with Gasteiger partial charge in [-0.15, -0.1) is 0 Å². The fourth-order valence-corrected chi connectivity index (χ4v) is 5.64. The number of nitrogens with zero attached hydrogens (tertiary/aromatic N) is 2. The highest BCUT2D eigenvalue weighted by atomic mass is 35.5. The van der Waals surface area contributed by atoms with E-state index < -0.39 is 23.1 Å². The number of carbonyl (C=O) groups excluding carboxylic acids is 4. The first-order chi connectivity index (χ1) is 30.6. The first-order valence-electron chi connectivity index (χ1n) is 18.6. The average molecular weight is 957 g/mol. The van der Waals surface area contributed by atoms with Crippen molar-refractivity contribution in [2.24, 2.45) is 0 Å². The van der Waals surface area contributed by atoms with Crippen molar-refractivity contribution < 1.29 is 28.8 Å². The first kappa shape index (κ1) is 51.0. The number of amides is 6. The molecule has 0 bridgehead atoms. The summed E-state index contributed by atoms with van der Waals surface area (Å²) in [5.41, 5.74) is 25.5. The third kappa shape index (κ3) is 16.8. The number of aryl methyl sites for hydroxylation is 2. The normalized spacial score (nSPS) is 9.73. The number of hydrazine groups is 4. The van der Waals surface area contributed by atoms with Crippen LogP contribution in [0.25, 0.3) is 4.85 Å². The lowest BCUT2D eigenvalue weighted by Crippen LogP contribution is -2.41. The van der Waals surface area contributed by atoms with Crippen molar-refractivity contribution in [3.05, 3.63) is 155 Å². The van der Waals surface area contributed by atoms with E-state index in [1.54, 1.807) is 30.3 Å². The van der Waals surface area contributed by atoms with Crippen LogP contribution in [0.5, 0.6) is 0 Å². The SMILES string of the molecule is COC(=O)NNc1ccc(NC(=O)c2cccc(C)c2)cc1.Cc1ccc(NNC(=O)NNc2ccc([N+](=O)[O-])cc2)cc1.[C-]#[N+]c1c(Cl)c(Cl)c(NNC(=O)NCCC)c(Cl)c1Cl. The fraction of sp³-hybridized carbons (Fsp3) is 0.146. The zero-order valence-corrected chi connectivity index (χ0v) is 37.4. The minimum Gasteiger partial charge on any atom is -0.452 e. The second-order valence-electron chi connectivity index (χ2n) is 12.7. The monoisotopic (exact) mass is 954 g/mol. The van der Waals surface area contributed by atoms with Gasteiger partial charge in [0.2, 0.25) is 5.69 Å². The molecule has 0 atom stereocenters. The molecule has 0 radical (unpaired) electrons. The van der Waals surface area contributed by atoms with Crippen molar-refractivity contribution in [3.63, 3.8) is 0 Å². The Kier molecular flexibility index (Phi) is 20.9. The van der Waals surface area contributed by atoms with Gasteiger partial charge in [0, 0.05) is 29.9 Å². The van der Waals surface area contributed by atoms with Crippen molar-refractivity contribution >= 4 is 110 Å². The molecule has 0 aliphatic rings. The second-order valence-corrected chi connectivity index (χ2v) is 14.3. The van der Waals surface area contributed by atoms with Gasteiger partial charge in [0.15, 0.2) is 0 Å². The van der Waals surface area contributed by atoms with Gasteiger partial charge >= 0.3 is 18.2 Å². The van der Waals surface area contributed by atoms with Gasteiger partial charge in [0.25, 0.3) is 11.6 Å². The van der Waals surface area contributed by atoms with Crippen molar-refractivity contribution in [3.8, 4) is 0 Å². The minimum absolute atomic E-state index is 0.00265. The Morgan fingerprint density at radius 1 is 0.672 bits per heavy atom. The summed E-state index contributed by atoms with van der Waals surface area (Å²) >= 11 is 23.8. The number of urea groups is 2. The predicted molar refractivity (Wildman–Crippen MR) is 251 cm³/mol. The van der Waals surface area contributed by atoms with E-state index in [-0.39, 0.29) is 43.1 Å². The Morgan fingerprint density at radius 3 is 1.67 bits per heavy atom. The van der Waals surface area contributed by atoms with Crippen LogP contribution in [0, 0.1) is 30.5 Å². The molecular weight excluding hydrogens is 914 g/mol. The third-order valence-electron chi connectivity index (χ3n) is 7.88. The lowest BCUT2D eigenvalue weighted by molar-refractivity contribution is -0.384. The van der Waals surface area contributed by atoms with Gasteiger partial charge in [-0.05, 0) is 80.9 Å². The van der Waals surface area contributed by atoms with Crippen LogP contribution in [0.1, 0.15) is 34.8 Å². The van der Waals surface area contributed by atoms with Crippen molar-refractivity contribution in [1.82, 2.24) is 27.0 Å². The summed E-state index contributed by atoms with van der Waals surface area (Å²) in [6.45, 7) is 13.3. The van der Waals surface area contributed by atoms with E-state index in [0.29, 0.717) is 29.2 Å². The molecule has 0 fully saturated rings. The summed E-state index contributed by atoms with van der Waals surface area (Å²) in [6.07, 6.45) is 0.212.